The fourth-order valence-electron chi connectivity index (χ4n) is 4.63. The molecule has 4 heterocycles. The van der Waals surface area contributed by atoms with Gasteiger partial charge in [-0.25, -0.2) is 9.59 Å². The summed E-state index contributed by atoms with van der Waals surface area (Å²) in [6.45, 7) is 3.05. The third-order valence-corrected chi connectivity index (χ3v) is 6.30. The molecular formula is C21H28N4O6. The van der Waals surface area contributed by atoms with Gasteiger partial charge < -0.3 is 29.3 Å². The van der Waals surface area contributed by atoms with E-state index in [0.29, 0.717) is 32.5 Å². The molecule has 10 nitrogen and oxygen atoms in total. The monoisotopic (exact) mass is 432 g/mol. The van der Waals surface area contributed by atoms with Crippen LogP contribution in [-0.4, -0.2) is 89.0 Å². The smallest absolute Gasteiger partial charge is 0.450 e. The highest BCUT2D eigenvalue weighted by Gasteiger charge is 2.39. The molecule has 0 saturated carbocycles. The highest BCUT2D eigenvalue weighted by atomic mass is 16.7. The molecule has 31 heavy (non-hydrogen) atoms. The lowest BCUT2D eigenvalue weighted by Gasteiger charge is -2.36. The molecule has 3 aliphatic heterocycles. The van der Waals surface area contributed by atoms with Gasteiger partial charge in [0.15, 0.2) is 0 Å². The number of carboxylic acid groups (broad SMARTS) is 1. The average Bonchev–Trinajstić information content (AvgIpc) is 3.14. The maximum absolute atomic E-state index is 12.6. The number of rotatable bonds is 5. The van der Waals surface area contributed by atoms with Crippen LogP contribution in [0.3, 0.4) is 0 Å². The predicted octanol–water partition coefficient (Wildman–Crippen LogP) is 1.95. The van der Waals surface area contributed by atoms with E-state index in [1.807, 2.05) is 12.1 Å². The number of likely N-dealkylation sites (tertiary alicyclic amines) is 1. The molecule has 1 aromatic rings. The number of cyclic esters (lactones) is 1. The maximum atomic E-state index is 12.6. The van der Waals surface area contributed by atoms with Crippen LogP contribution < -0.4 is 4.90 Å². The van der Waals surface area contributed by atoms with E-state index in [1.165, 1.54) is 0 Å². The Bertz CT molecular complexity index is 790. The number of hydrogen-bond acceptors (Lipinski definition) is 7. The Hall–Kier alpha value is -3.04. The highest BCUT2D eigenvalue weighted by Crippen LogP contribution is 2.26. The minimum Gasteiger partial charge on any atom is -0.450 e. The summed E-state index contributed by atoms with van der Waals surface area (Å²) in [6, 6.07) is 4.10. The van der Waals surface area contributed by atoms with Crippen molar-refractivity contribution < 1.29 is 29.0 Å². The first-order chi connectivity index (χ1) is 15.0. The molecule has 0 radical (unpaired) electrons. The Kier molecular flexibility index (Phi) is 6.43. The molecule has 1 N–H and O–H groups in total. The Morgan fingerprint density at radius 1 is 1.10 bits per heavy atom. The molecule has 1 atom stereocenters. The van der Waals surface area contributed by atoms with Crippen molar-refractivity contribution in [3.8, 4) is 0 Å². The number of nitrogens with zero attached hydrogens (tertiary/aromatic N) is 4. The summed E-state index contributed by atoms with van der Waals surface area (Å²) in [5, 5.41) is 8.70. The Morgan fingerprint density at radius 2 is 1.77 bits per heavy atom. The lowest BCUT2D eigenvalue weighted by atomic mass is 10.0. The van der Waals surface area contributed by atoms with E-state index in [-0.39, 0.29) is 30.6 Å². The van der Waals surface area contributed by atoms with Crippen molar-refractivity contribution in [3.63, 3.8) is 0 Å². The third-order valence-electron chi connectivity index (χ3n) is 6.30. The van der Waals surface area contributed by atoms with Crippen LogP contribution in [0, 0.1) is 0 Å². The number of pyridine rings is 1. The molecule has 3 aliphatic rings. The van der Waals surface area contributed by atoms with Gasteiger partial charge in [-0.2, -0.15) is 0 Å². The maximum Gasteiger partial charge on any atom is 0.506 e. The SMILES string of the molecule is O=C(O)OC1CCN(C(=O)CC2CN(C3CCN(c4ccncc4)CC3)C(=O)O2)CC1. The molecule has 0 spiro atoms. The van der Waals surface area contributed by atoms with Gasteiger partial charge in [0, 0.05) is 63.1 Å². The second-order valence-corrected chi connectivity index (χ2v) is 8.25. The summed E-state index contributed by atoms with van der Waals surface area (Å²) in [6.07, 6.45) is 3.99. The fourth-order valence-corrected chi connectivity index (χ4v) is 4.63. The summed E-state index contributed by atoms with van der Waals surface area (Å²) in [4.78, 5) is 45.5. The topological polar surface area (TPSA) is 113 Å². The number of hydrogen-bond donors (Lipinski definition) is 1. The van der Waals surface area contributed by atoms with Crippen LogP contribution in [-0.2, 0) is 14.3 Å². The Morgan fingerprint density at radius 3 is 2.42 bits per heavy atom. The van der Waals surface area contributed by atoms with Crippen LogP contribution in [0.25, 0.3) is 0 Å². The highest BCUT2D eigenvalue weighted by molar-refractivity contribution is 5.78. The zero-order valence-electron chi connectivity index (χ0n) is 17.4. The summed E-state index contributed by atoms with van der Waals surface area (Å²) in [5.74, 6) is -0.0686. The van der Waals surface area contributed by atoms with Gasteiger partial charge >= 0.3 is 12.2 Å². The minimum absolute atomic E-state index is 0.0686. The molecule has 10 heteroatoms. The predicted molar refractivity (Wildman–Crippen MR) is 110 cm³/mol. The molecule has 1 unspecified atom stereocenters. The molecular weight excluding hydrogens is 404 g/mol. The van der Waals surface area contributed by atoms with Gasteiger partial charge in [-0.1, -0.05) is 0 Å². The third kappa shape index (κ3) is 5.18. The number of aromatic nitrogens is 1. The average molecular weight is 432 g/mol. The van der Waals surface area contributed by atoms with E-state index < -0.39 is 12.3 Å². The summed E-state index contributed by atoms with van der Waals surface area (Å²) >= 11 is 0. The van der Waals surface area contributed by atoms with E-state index in [2.05, 4.69) is 9.88 Å². The molecule has 3 fully saturated rings. The van der Waals surface area contributed by atoms with Crippen molar-refractivity contribution in [2.75, 3.05) is 37.6 Å². The van der Waals surface area contributed by atoms with Crippen LogP contribution in [0.4, 0.5) is 15.3 Å². The minimum atomic E-state index is -1.28. The second kappa shape index (κ2) is 9.40. The molecule has 168 valence electrons. The van der Waals surface area contributed by atoms with Crippen LogP contribution >= 0.6 is 0 Å². The standard InChI is InChI=1S/C21H28N4O6/c26-19(24-11-5-17(6-12-24)31-21(28)29)13-18-14-25(20(27)30-18)16-3-9-23(10-4-16)15-1-7-22-8-2-15/h1-2,7-8,16-18H,3-6,9-14H2,(H,28,29). The number of amides is 2. The van der Waals surface area contributed by atoms with E-state index >= 15 is 0 Å². The lowest BCUT2D eigenvalue weighted by Crippen LogP contribution is -2.46. The second-order valence-electron chi connectivity index (χ2n) is 8.25. The Labute approximate surface area is 180 Å². The quantitative estimate of drug-likeness (QED) is 0.703. The largest absolute Gasteiger partial charge is 0.506 e. The van der Waals surface area contributed by atoms with Gasteiger partial charge in [-0.3, -0.25) is 9.78 Å². The van der Waals surface area contributed by atoms with Crippen LogP contribution in [0.1, 0.15) is 32.1 Å². The normalized spacial score (nSPS) is 23.0. The van der Waals surface area contributed by atoms with Crippen molar-refractivity contribution in [1.29, 1.82) is 0 Å². The number of carbonyl (C=O) groups excluding carboxylic acids is 2. The molecule has 4 rings (SSSR count). The van der Waals surface area contributed by atoms with Crippen LogP contribution in [0.5, 0.6) is 0 Å². The molecule has 0 bridgehead atoms. The lowest BCUT2D eigenvalue weighted by molar-refractivity contribution is -0.134. The van der Waals surface area contributed by atoms with Crippen molar-refractivity contribution in [1.82, 2.24) is 14.8 Å². The van der Waals surface area contributed by atoms with Gasteiger partial charge in [0.1, 0.15) is 12.2 Å². The molecule has 0 aromatic carbocycles. The van der Waals surface area contributed by atoms with Crippen molar-refractivity contribution in [2.45, 2.75) is 50.4 Å². The summed E-state index contributed by atoms with van der Waals surface area (Å²) in [7, 11) is 0. The van der Waals surface area contributed by atoms with Crippen LogP contribution in [0.2, 0.25) is 0 Å². The van der Waals surface area contributed by atoms with Gasteiger partial charge in [0.25, 0.3) is 0 Å². The summed E-state index contributed by atoms with van der Waals surface area (Å²) in [5.41, 5.74) is 1.14. The van der Waals surface area contributed by atoms with E-state index in [4.69, 9.17) is 14.6 Å². The van der Waals surface area contributed by atoms with E-state index in [9.17, 15) is 14.4 Å². The number of anilines is 1. The van der Waals surface area contributed by atoms with Gasteiger partial charge in [-0.15, -0.1) is 0 Å². The zero-order chi connectivity index (χ0) is 21.8. The van der Waals surface area contributed by atoms with Gasteiger partial charge in [-0.05, 0) is 25.0 Å². The fraction of sp³-hybridized carbons (Fsp3) is 0.619. The molecule has 1 aromatic heterocycles. The number of ether oxygens (including phenoxy) is 2. The first kappa shape index (κ1) is 21.2. The van der Waals surface area contributed by atoms with Crippen LogP contribution in [0.15, 0.2) is 24.5 Å². The summed E-state index contributed by atoms with van der Waals surface area (Å²) < 4.78 is 10.3. The number of piperidine rings is 2. The van der Waals surface area contributed by atoms with E-state index in [1.54, 1.807) is 22.2 Å². The van der Waals surface area contributed by atoms with Crippen molar-refractivity contribution in [3.05, 3.63) is 24.5 Å². The first-order valence-electron chi connectivity index (χ1n) is 10.8. The van der Waals surface area contributed by atoms with Crippen molar-refractivity contribution >= 4 is 23.8 Å². The zero-order valence-corrected chi connectivity index (χ0v) is 17.4. The molecule has 2 amide bonds. The first-order valence-corrected chi connectivity index (χ1v) is 10.8. The van der Waals surface area contributed by atoms with Crippen molar-refractivity contribution in [2.24, 2.45) is 0 Å². The van der Waals surface area contributed by atoms with Gasteiger partial charge in [0.05, 0.1) is 13.0 Å². The number of carbonyl (C=O) groups is 3. The molecule has 0 aliphatic carbocycles. The Balaban J connectivity index is 1.23. The molecule has 3 saturated heterocycles. The van der Waals surface area contributed by atoms with Gasteiger partial charge in [0.2, 0.25) is 5.91 Å². The van der Waals surface area contributed by atoms with E-state index in [0.717, 1.165) is 31.6 Å².